The van der Waals surface area contributed by atoms with Gasteiger partial charge in [0.1, 0.15) is 0 Å². The zero-order chi connectivity index (χ0) is 30.8. The maximum Gasteiger partial charge on any atom is -0.00199 e. The first-order valence-electron chi connectivity index (χ1n) is 16.4. The molecule has 0 atom stereocenters. The molecule has 0 N–H and O–H groups in total. The molecule has 0 aromatic heterocycles. The average molecular weight is 585 g/mol. The molecule has 0 amide bonds. The van der Waals surface area contributed by atoms with Crippen molar-refractivity contribution in [2.24, 2.45) is 0 Å². The molecule has 0 heterocycles. The Bertz CT molecular complexity index is 2640. The van der Waals surface area contributed by atoms with Gasteiger partial charge < -0.3 is 0 Å². The molecular weight excluding hydrogens is 553 g/mol. The molecule has 0 spiro atoms. The lowest BCUT2D eigenvalue weighted by molar-refractivity contribution is 1.38. The lowest BCUT2D eigenvalue weighted by Gasteiger charge is -2.11. The highest BCUT2D eigenvalue weighted by atomic mass is 14.2. The van der Waals surface area contributed by atoms with E-state index in [2.05, 4.69) is 149 Å². The summed E-state index contributed by atoms with van der Waals surface area (Å²) in [4.78, 5) is 0. The summed E-state index contributed by atoms with van der Waals surface area (Å²) >= 11 is 0. The quantitative estimate of drug-likeness (QED) is 0.177. The van der Waals surface area contributed by atoms with E-state index in [-0.39, 0.29) is 0 Å². The Balaban J connectivity index is 1.33. The van der Waals surface area contributed by atoms with Crippen LogP contribution in [-0.4, -0.2) is 0 Å². The van der Waals surface area contributed by atoms with E-state index in [1.54, 1.807) is 0 Å². The monoisotopic (exact) mass is 584 g/mol. The summed E-state index contributed by atoms with van der Waals surface area (Å²) < 4.78 is 0. The normalized spacial score (nSPS) is 12.3. The molecule has 0 heteroatoms. The Hall–Kier alpha value is -5.46. The molecule has 46 heavy (non-hydrogen) atoms. The van der Waals surface area contributed by atoms with Crippen LogP contribution in [0.3, 0.4) is 0 Å². The first-order chi connectivity index (χ1) is 22.5. The van der Waals surface area contributed by atoms with Gasteiger partial charge >= 0.3 is 0 Å². The minimum Gasteiger partial charge on any atom is -0.0617 e. The summed E-state index contributed by atoms with van der Waals surface area (Å²) in [6, 6.07) is 46.3. The van der Waals surface area contributed by atoms with E-state index in [1.165, 1.54) is 120 Å². The van der Waals surface area contributed by atoms with Gasteiger partial charge in [-0.1, -0.05) is 97.1 Å². The van der Waals surface area contributed by atoms with Gasteiger partial charge in [0.2, 0.25) is 0 Å². The summed E-state index contributed by atoms with van der Waals surface area (Å²) in [5, 5.41) is 18.9. The van der Waals surface area contributed by atoms with Crippen molar-refractivity contribution in [1.29, 1.82) is 0 Å². The van der Waals surface area contributed by atoms with Gasteiger partial charge in [0.05, 0.1) is 0 Å². The van der Waals surface area contributed by atoms with Crippen LogP contribution in [0.4, 0.5) is 0 Å². The van der Waals surface area contributed by atoms with Crippen molar-refractivity contribution in [1.82, 2.24) is 0 Å². The van der Waals surface area contributed by atoms with Gasteiger partial charge in [-0.15, -0.1) is 0 Å². The van der Waals surface area contributed by atoms with Crippen molar-refractivity contribution in [2.75, 3.05) is 0 Å². The maximum absolute atomic E-state index is 2.50. The highest BCUT2D eigenvalue weighted by Gasteiger charge is 2.20. The van der Waals surface area contributed by atoms with Gasteiger partial charge in [-0.05, 0) is 172 Å². The molecular formula is C46H32. The number of fused-ring (bicyclic) bond motifs is 9. The fraction of sp³-hybridized carbons (Fsp3) is 0.0870. The van der Waals surface area contributed by atoms with Crippen LogP contribution in [0.2, 0.25) is 0 Å². The summed E-state index contributed by atoms with van der Waals surface area (Å²) in [6.45, 7) is 8.91. The number of benzene rings is 8. The molecule has 0 aliphatic rings. The van der Waals surface area contributed by atoms with Crippen molar-refractivity contribution in [2.45, 2.75) is 27.7 Å². The Morgan fingerprint density at radius 2 is 0.587 bits per heavy atom. The van der Waals surface area contributed by atoms with Gasteiger partial charge in [0.25, 0.3) is 0 Å². The van der Waals surface area contributed by atoms with Crippen LogP contribution in [0.1, 0.15) is 22.3 Å². The molecule has 0 unspecified atom stereocenters. The second-order valence-corrected chi connectivity index (χ2v) is 13.5. The van der Waals surface area contributed by atoms with Crippen LogP contribution in [0.25, 0.3) is 97.7 Å². The first-order valence-corrected chi connectivity index (χ1v) is 16.4. The smallest absolute Gasteiger partial charge is 0.00199 e. The van der Waals surface area contributed by atoms with Crippen LogP contribution >= 0.6 is 0 Å². The molecule has 0 nitrogen and oxygen atoms in total. The Morgan fingerprint density at radius 3 is 0.978 bits per heavy atom. The second kappa shape index (κ2) is 9.05. The van der Waals surface area contributed by atoms with E-state index in [0.29, 0.717) is 0 Å². The minimum absolute atomic E-state index is 1.30. The summed E-state index contributed by atoms with van der Waals surface area (Å²) in [7, 11) is 0. The fourth-order valence-electron chi connectivity index (χ4n) is 8.90. The number of rotatable bonds is 2. The highest BCUT2D eigenvalue weighted by molar-refractivity contribution is 6.41. The molecule has 0 saturated heterocycles. The predicted octanol–water partition coefficient (Wildman–Crippen LogP) is 13.2. The third kappa shape index (κ3) is 3.29. The molecule has 0 aliphatic heterocycles. The topological polar surface area (TPSA) is 0 Å². The predicted molar refractivity (Wildman–Crippen MR) is 201 cm³/mol. The van der Waals surface area contributed by atoms with E-state index >= 15 is 0 Å². The Morgan fingerprint density at radius 1 is 0.261 bits per heavy atom. The largest absolute Gasteiger partial charge is 0.0617 e. The molecule has 216 valence electrons. The van der Waals surface area contributed by atoms with Crippen LogP contribution in [0, 0.1) is 27.7 Å². The Labute approximate surface area is 268 Å². The zero-order valence-corrected chi connectivity index (χ0v) is 26.5. The van der Waals surface area contributed by atoms with E-state index in [1.807, 2.05) is 0 Å². The lowest BCUT2D eigenvalue weighted by atomic mass is 9.92. The van der Waals surface area contributed by atoms with Gasteiger partial charge in [-0.2, -0.15) is 0 Å². The van der Waals surface area contributed by atoms with E-state index in [0.717, 1.165) is 0 Å². The Kier molecular flexibility index (Phi) is 5.08. The van der Waals surface area contributed by atoms with Crippen molar-refractivity contribution >= 4 is 75.4 Å². The lowest BCUT2D eigenvalue weighted by Crippen LogP contribution is -1.87. The van der Waals surface area contributed by atoms with Crippen molar-refractivity contribution < 1.29 is 0 Å². The summed E-state index contributed by atoms with van der Waals surface area (Å²) in [6.07, 6.45) is 0. The molecule has 0 aliphatic carbocycles. The van der Waals surface area contributed by atoms with Gasteiger partial charge in [-0.3, -0.25) is 0 Å². The third-order valence-electron chi connectivity index (χ3n) is 10.9. The molecule has 0 fully saturated rings. The number of hydrogen-bond acceptors (Lipinski definition) is 0. The summed E-state index contributed by atoms with van der Waals surface area (Å²) in [5.41, 5.74) is 10.6. The second-order valence-electron chi connectivity index (χ2n) is 13.5. The average Bonchev–Trinajstić information content (AvgIpc) is 3.55. The molecule has 0 radical (unpaired) electrons. The van der Waals surface area contributed by atoms with Crippen LogP contribution < -0.4 is 0 Å². The molecule has 10 aromatic rings. The van der Waals surface area contributed by atoms with Gasteiger partial charge in [0, 0.05) is 0 Å². The van der Waals surface area contributed by atoms with E-state index < -0.39 is 0 Å². The van der Waals surface area contributed by atoms with Crippen LogP contribution in [-0.2, 0) is 0 Å². The van der Waals surface area contributed by atoms with Gasteiger partial charge in [-0.25, -0.2) is 0 Å². The van der Waals surface area contributed by atoms with E-state index in [4.69, 9.17) is 0 Å². The molecule has 10 rings (SSSR count). The van der Waals surface area contributed by atoms with Crippen LogP contribution in [0.5, 0.6) is 0 Å². The van der Waals surface area contributed by atoms with Crippen molar-refractivity contribution in [3.63, 3.8) is 0 Å². The SMILES string of the molecule is Cc1cccc(C)c1-c1ccc2c(c1)c1cc3c(cc4c5cc(-c6c(C)cccc6C)ccc5c5cccc3c54)c3cccc2c31. The molecule has 0 bridgehead atoms. The fourth-order valence-corrected chi connectivity index (χ4v) is 8.90. The van der Waals surface area contributed by atoms with Gasteiger partial charge in [0.15, 0.2) is 0 Å². The van der Waals surface area contributed by atoms with Crippen molar-refractivity contribution in [3.05, 3.63) is 144 Å². The zero-order valence-electron chi connectivity index (χ0n) is 26.5. The third-order valence-corrected chi connectivity index (χ3v) is 10.9. The minimum atomic E-state index is 1.30. The molecule has 10 aromatic carbocycles. The standard InChI is InChI=1S/C46H32/c1-25-9-5-10-26(2)43(25)29-17-19-31-33-13-7-15-35-40-24-42-38-22-30(44-27(3)11-6-12-28(44)4)18-20-32(38)34-14-8-16-36(46(34)42)39(40)23-41(45(33)35)37(31)21-29/h5-24H,1-4H3. The first kappa shape index (κ1) is 25.8. The summed E-state index contributed by atoms with van der Waals surface area (Å²) in [5.74, 6) is 0. The molecule has 0 saturated carbocycles. The number of aryl methyl sites for hydroxylation is 4. The highest BCUT2D eigenvalue weighted by Crippen LogP contribution is 2.48. The maximum atomic E-state index is 2.50. The van der Waals surface area contributed by atoms with E-state index in [9.17, 15) is 0 Å². The van der Waals surface area contributed by atoms with Crippen LogP contribution in [0.15, 0.2) is 121 Å². The van der Waals surface area contributed by atoms with Crippen molar-refractivity contribution in [3.8, 4) is 22.3 Å². The number of hydrogen-bond donors (Lipinski definition) is 0.